The highest BCUT2D eigenvalue weighted by Crippen LogP contribution is 2.28. The summed E-state index contributed by atoms with van der Waals surface area (Å²) >= 11 is 15.5. The molecule has 1 atom stereocenters. The summed E-state index contributed by atoms with van der Waals surface area (Å²) in [5.74, 6) is -0.972. The third-order valence-corrected chi connectivity index (χ3v) is 8.48. The van der Waals surface area contributed by atoms with Crippen LogP contribution in [0, 0.1) is 0 Å². The van der Waals surface area contributed by atoms with Crippen molar-refractivity contribution in [3.8, 4) is 0 Å². The Kier molecular flexibility index (Phi) is 9.41. The number of halogens is 3. The first-order chi connectivity index (χ1) is 17.0. The maximum absolute atomic E-state index is 13.7. The lowest BCUT2D eigenvalue weighted by Crippen LogP contribution is -2.50. The molecule has 1 N–H and O–H groups in total. The monoisotopic (exact) mass is 611 g/mol. The van der Waals surface area contributed by atoms with Gasteiger partial charge in [0, 0.05) is 18.1 Å². The van der Waals surface area contributed by atoms with Crippen molar-refractivity contribution in [2.24, 2.45) is 0 Å². The highest BCUT2D eigenvalue weighted by molar-refractivity contribution is 9.10. The van der Waals surface area contributed by atoms with Crippen LogP contribution in [0.1, 0.15) is 12.5 Å². The van der Waals surface area contributed by atoms with Crippen LogP contribution in [0.3, 0.4) is 0 Å². The average Bonchev–Trinajstić information content (AvgIpc) is 2.87. The first-order valence-electron chi connectivity index (χ1n) is 10.8. The smallest absolute Gasteiger partial charge is 0.264 e. The second kappa shape index (κ2) is 12.1. The Morgan fingerprint density at radius 1 is 0.972 bits per heavy atom. The maximum Gasteiger partial charge on any atom is 0.264 e. The van der Waals surface area contributed by atoms with E-state index in [0.29, 0.717) is 25.8 Å². The van der Waals surface area contributed by atoms with Gasteiger partial charge in [0.15, 0.2) is 0 Å². The molecule has 3 aromatic rings. The number of rotatable bonds is 9. The lowest BCUT2D eigenvalue weighted by molar-refractivity contribution is -0.139. The zero-order valence-corrected chi connectivity index (χ0v) is 23.4. The van der Waals surface area contributed by atoms with Gasteiger partial charge in [-0.2, -0.15) is 0 Å². The highest BCUT2D eigenvalue weighted by atomic mass is 79.9. The molecule has 0 radical (unpaired) electrons. The number of carbonyl (C=O) groups is 2. The summed E-state index contributed by atoms with van der Waals surface area (Å²) in [7, 11) is -2.64. The Morgan fingerprint density at radius 3 is 2.28 bits per heavy atom. The van der Waals surface area contributed by atoms with E-state index in [9.17, 15) is 18.0 Å². The number of hydrogen-bond donors (Lipinski definition) is 1. The van der Waals surface area contributed by atoms with E-state index in [1.165, 1.54) is 24.1 Å². The van der Waals surface area contributed by atoms with Crippen molar-refractivity contribution in [1.29, 1.82) is 0 Å². The molecule has 0 unspecified atom stereocenters. The molecule has 0 heterocycles. The molecule has 3 aromatic carbocycles. The van der Waals surface area contributed by atoms with Crippen LogP contribution >= 0.6 is 39.1 Å². The van der Waals surface area contributed by atoms with Crippen molar-refractivity contribution in [1.82, 2.24) is 10.2 Å². The quantitative estimate of drug-likeness (QED) is 0.364. The van der Waals surface area contributed by atoms with E-state index >= 15 is 0 Å². The average molecular weight is 613 g/mol. The van der Waals surface area contributed by atoms with Gasteiger partial charge in [-0.1, -0.05) is 69.5 Å². The Labute approximate surface area is 229 Å². The van der Waals surface area contributed by atoms with Crippen molar-refractivity contribution >= 4 is 66.7 Å². The van der Waals surface area contributed by atoms with E-state index in [4.69, 9.17) is 23.2 Å². The predicted octanol–water partition coefficient (Wildman–Crippen LogP) is 5.11. The SMILES string of the molecule is CNC(=O)[C@@H](C)N(Cc1ccc(Cl)c(Cl)c1)C(=O)CN(c1cccc(Br)c1)S(=O)(=O)c1ccccc1. The molecule has 0 aliphatic rings. The molecule has 0 bridgehead atoms. The minimum Gasteiger partial charge on any atom is -0.357 e. The molecule has 0 saturated heterocycles. The molecule has 0 aliphatic heterocycles. The molecule has 0 fully saturated rings. The fourth-order valence-electron chi connectivity index (χ4n) is 3.51. The molecular weight excluding hydrogens is 589 g/mol. The second-order valence-corrected chi connectivity index (χ2v) is 11.5. The van der Waals surface area contributed by atoms with E-state index in [0.717, 1.165) is 4.31 Å². The third kappa shape index (κ3) is 6.59. The summed E-state index contributed by atoms with van der Waals surface area (Å²) in [5.41, 5.74) is 0.928. The standard InChI is InChI=1S/C25H24BrCl2N3O4S/c1-17(25(33)29-2)30(15-18-11-12-22(27)23(28)13-18)24(32)16-31(20-8-6-7-19(26)14-20)36(34,35)21-9-4-3-5-10-21/h3-14,17H,15-16H2,1-2H3,(H,29,33)/t17-/m1/s1. The van der Waals surface area contributed by atoms with Gasteiger partial charge >= 0.3 is 0 Å². The summed E-state index contributed by atoms with van der Waals surface area (Å²) in [6, 6.07) is 18.5. The van der Waals surface area contributed by atoms with E-state index in [2.05, 4.69) is 21.2 Å². The highest BCUT2D eigenvalue weighted by Gasteiger charge is 2.32. The van der Waals surface area contributed by atoms with Crippen molar-refractivity contribution in [3.63, 3.8) is 0 Å². The fraction of sp³-hybridized carbons (Fsp3) is 0.200. The summed E-state index contributed by atoms with van der Waals surface area (Å²) in [6.07, 6.45) is 0. The van der Waals surface area contributed by atoms with Gasteiger partial charge in [0.05, 0.1) is 20.6 Å². The molecule has 7 nitrogen and oxygen atoms in total. The molecule has 0 aromatic heterocycles. The normalized spacial score (nSPS) is 12.0. The Morgan fingerprint density at radius 2 is 1.67 bits per heavy atom. The van der Waals surface area contributed by atoms with Gasteiger partial charge in [-0.15, -0.1) is 0 Å². The van der Waals surface area contributed by atoms with Gasteiger partial charge in [0.25, 0.3) is 10.0 Å². The number of likely N-dealkylation sites (N-methyl/N-ethyl adjacent to an activating group) is 1. The zero-order valence-electron chi connectivity index (χ0n) is 19.5. The van der Waals surface area contributed by atoms with Crippen LogP contribution in [0.4, 0.5) is 5.69 Å². The first kappa shape index (κ1) is 28.0. The molecule has 3 rings (SSSR count). The van der Waals surface area contributed by atoms with Crippen molar-refractivity contribution in [3.05, 3.63) is 92.9 Å². The van der Waals surface area contributed by atoms with Crippen molar-refractivity contribution in [2.75, 3.05) is 17.9 Å². The Balaban J connectivity index is 2.03. The lowest BCUT2D eigenvalue weighted by atomic mass is 10.1. The van der Waals surface area contributed by atoms with E-state index in [1.807, 2.05) is 0 Å². The van der Waals surface area contributed by atoms with Gasteiger partial charge in [0.1, 0.15) is 12.6 Å². The molecule has 36 heavy (non-hydrogen) atoms. The number of carbonyl (C=O) groups excluding carboxylic acids is 2. The maximum atomic E-state index is 13.7. The van der Waals surface area contributed by atoms with Crippen LogP contribution in [0.2, 0.25) is 10.0 Å². The van der Waals surface area contributed by atoms with E-state index in [1.54, 1.807) is 67.6 Å². The topological polar surface area (TPSA) is 86.8 Å². The van der Waals surface area contributed by atoms with Crippen LogP contribution in [0.15, 0.2) is 82.2 Å². The van der Waals surface area contributed by atoms with Crippen LogP contribution in [0.5, 0.6) is 0 Å². The van der Waals surface area contributed by atoms with Gasteiger partial charge < -0.3 is 10.2 Å². The van der Waals surface area contributed by atoms with Gasteiger partial charge in [0.2, 0.25) is 11.8 Å². The fourth-order valence-corrected chi connectivity index (χ4v) is 5.64. The van der Waals surface area contributed by atoms with Gasteiger partial charge in [-0.3, -0.25) is 13.9 Å². The zero-order chi connectivity index (χ0) is 26.5. The predicted molar refractivity (Wildman–Crippen MR) is 146 cm³/mol. The number of sulfonamides is 1. The van der Waals surface area contributed by atoms with Crippen LogP contribution in [-0.2, 0) is 26.2 Å². The summed E-state index contributed by atoms with van der Waals surface area (Å²) in [6.45, 7) is 1.06. The number of nitrogens with one attached hydrogen (secondary N) is 1. The summed E-state index contributed by atoms with van der Waals surface area (Å²) < 4.78 is 28.9. The number of nitrogens with zero attached hydrogens (tertiary/aromatic N) is 2. The Bertz CT molecular complexity index is 1360. The molecule has 2 amide bonds. The van der Waals surface area contributed by atoms with Crippen molar-refractivity contribution < 1.29 is 18.0 Å². The number of amides is 2. The van der Waals surface area contributed by atoms with E-state index < -0.39 is 34.4 Å². The van der Waals surface area contributed by atoms with Crippen LogP contribution in [0.25, 0.3) is 0 Å². The number of anilines is 1. The molecule has 0 saturated carbocycles. The van der Waals surface area contributed by atoms with Crippen molar-refractivity contribution in [2.45, 2.75) is 24.4 Å². The second-order valence-electron chi connectivity index (χ2n) is 7.86. The molecular formula is C25H24BrCl2N3O4S. The third-order valence-electron chi connectivity index (χ3n) is 5.46. The minimum atomic E-state index is -4.11. The van der Waals surface area contributed by atoms with Gasteiger partial charge in [-0.25, -0.2) is 8.42 Å². The number of hydrogen-bond acceptors (Lipinski definition) is 4. The number of benzene rings is 3. The lowest BCUT2D eigenvalue weighted by Gasteiger charge is -2.32. The van der Waals surface area contributed by atoms with Crippen LogP contribution < -0.4 is 9.62 Å². The molecule has 190 valence electrons. The van der Waals surface area contributed by atoms with Gasteiger partial charge in [-0.05, 0) is 55.0 Å². The van der Waals surface area contributed by atoms with E-state index in [-0.39, 0.29) is 11.4 Å². The molecule has 0 aliphatic carbocycles. The largest absolute Gasteiger partial charge is 0.357 e. The van der Waals surface area contributed by atoms with Crippen LogP contribution in [-0.4, -0.2) is 44.8 Å². The molecule has 0 spiro atoms. The Hall–Kier alpha value is -2.59. The first-order valence-corrected chi connectivity index (χ1v) is 13.8. The molecule has 11 heteroatoms. The summed E-state index contributed by atoms with van der Waals surface area (Å²) in [4.78, 5) is 27.5. The minimum absolute atomic E-state index is 0.0159. The summed E-state index contributed by atoms with van der Waals surface area (Å²) in [5, 5.41) is 3.19.